The molecule has 0 spiro atoms. The van der Waals surface area contributed by atoms with E-state index >= 15 is 0 Å². The molecule has 0 bridgehead atoms. The SMILES string of the molecule is Cc1cc(I)ccc1NC(=O)COC(=O)C=Cc1ccc2c(c1)OCO2. The van der Waals surface area contributed by atoms with Crippen molar-refractivity contribution in [1.82, 2.24) is 0 Å². The molecule has 1 aliphatic heterocycles. The van der Waals surface area contributed by atoms with E-state index in [1.807, 2.05) is 25.1 Å². The van der Waals surface area contributed by atoms with Gasteiger partial charge in [-0.2, -0.15) is 0 Å². The summed E-state index contributed by atoms with van der Waals surface area (Å²) in [7, 11) is 0. The third-order valence-corrected chi connectivity index (χ3v) is 4.29. The number of amides is 1. The van der Waals surface area contributed by atoms with Crippen LogP contribution in [0.15, 0.2) is 42.5 Å². The predicted octanol–water partition coefficient (Wildman–Crippen LogP) is 3.52. The van der Waals surface area contributed by atoms with E-state index in [9.17, 15) is 9.59 Å². The average Bonchev–Trinajstić information content (AvgIpc) is 3.08. The minimum absolute atomic E-state index is 0.194. The van der Waals surface area contributed by atoms with Crippen molar-refractivity contribution in [3.8, 4) is 11.5 Å². The van der Waals surface area contributed by atoms with Gasteiger partial charge in [0, 0.05) is 15.3 Å². The Bertz CT molecular complexity index is 878. The Labute approximate surface area is 164 Å². The first-order chi connectivity index (χ1) is 12.5. The summed E-state index contributed by atoms with van der Waals surface area (Å²) in [4.78, 5) is 23.7. The lowest BCUT2D eigenvalue weighted by molar-refractivity contribution is -0.142. The molecule has 7 heteroatoms. The first-order valence-corrected chi connectivity index (χ1v) is 8.89. The van der Waals surface area contributed by atoms with Gasteiger partial charge in [0.15, 0.2) is 18.1 Å². The number of carbonyl (C=O) groups excluding carboxylic acids is 2. The summed E-state index contributed by atoms with van der Waals surface area (Å²) in [5.74, 6) is 0.316. The van der Waals surface area contributed by atoms with Gasteiger partial charge < -0.3 is 19.5 Å². The van der Waals surface area contributed by atoms with Gasteiger partial charge in [0.1, 0.15) is 0 Å². The zero-order valence-electron chi connectivity index (χ0n) is 14.0. The topological polar surface area (TPSA) is 73.9 Å². The molecular formula is C19H16INO5. The van der Waals surface area contributed by atoms with Crippen LogP contribution in [0.1, 0.15) is 11.1 Å². The van der Waals surface area contributed by atoms with Crippen LogP contribution >= 0.6 is 22.6 Å². The van der Waals surface area contributed by atoms with Gasteiger partial charge in [-0.25, -0.2) is 4.79 Å². The summed E-state index contributed by atoms with van der Waals surface area (Å²) in [5, 5.41) is 2.72. The predicted molar refractivity (Wildman–Crippen MR) is 105 cm³/mol. The van der Waals surface area contributed by atoms with Crippen molar-refractivity contribution in [1.29, 1.82) is 0 Å². The largest absolute Gasteiger partial charge is 0.454 e. The van der Waals surface area contributed by atoms with Gasteiger partial charge in [0.25, 0.3) is 5.91 Å². The minimum Gasteiger partial charge on any atom is -0.454 e. The molecule has 134 valence electrons. The van der Waals surface area contributed by atoms with Crippen LogP contribution in [-0.2, 0) is 14.3 Å². The molecule has 0 radical (unpaired) electrons. The Kier molecular flexibility index (Phi) is 5.77. The van der Waals surface area contributed by atoms with Crippen LogP contribution in [0.25, 0.3) is 6.08 Å². The van der Waals surface area contributed by atoms with Crippen molar-refractivity contribution in [2.24, 2.45) is 0 Å². The Morgan fingerprint density at radius 2 is 2.00 bits per heavy atom. The third-order valence-electron chi connectivity index (χ3n) is 3.62. The highest BCUT2D eigenvalue weighted by Gasteiger charge is 2.12. The first kappa shape index (κ1) is 18.2. The zero-order chi connectivity index (χ0) is 18.5. The van der Waals surface area contributed by atoms with Crippen molar-refractivity contribution in [2.75, 3.05) is 18.7 Å². The normalized spacial score (nSPS) is 12.2. The molecule has 0 atom stereocenters. The first-order valence-electron chi connectivity index (χ1n) is 7.82. The van der Waals surface area contributed by atoms with Crippen LogP contribution in [0, 0.1) is 10.5 Å². The Hall–Kier alpha value is -2.55. The second kappa shape index (κ2) is 8.22. The number of halogens is 1. The van der Waals surface area contributed by atoms with Gasteiger partial charge in [-0.3, -0.25) is 4.79 Å². The van der Waals surface area contributed by atoms with Crippen LogP contribution in [0.2, 0.25) is 0 Å². The fourth-order valence-corrected chi connectivity index (χ4v) is 2.97. The minimum atomic E-state index is -0.600. The van der Waals surface area contributed by atoms with Crippen LogP contribution < -0.4 is 14.8 Å². The van der Waals surface area contributed by atoms with Crippen LogP contribution in [0.4, 0.5) is 5.69 Å². The van der Waals surface area contributed by atoms with Crippen molar-refractivity contribution >= 4 is 46.2 Å². The van der Waals surface area contributed by atoms with E-state index < -0.39 is 5.97 Å². The number of benzene rings is 2. The average molecular weight is 465 g/mol. The highest BCUT2D eigenvalue weighted by molar-refractivity contribution is 14.1. The molecule has 1 heterocycles. The van der Waals surface area contributed by atoms with Crippen molar-refractivity contribution in [3.63, 3.8) is 0 Å². The van der Waals surface area contributed by atoms with E-state index in [-0.39, 0.29) is 19.3 Å². The molecule has 2 aromatic rings. The number of carbonyl (C=O) groups is 2. The van der Waals surface area contributed by atoms with Crippen LogP contribution in [0.5, 0.6) is 11.5 Å². The molecule has 0 fully saturated rings. The molecule has 0 aliphatic carbocycles. The standard InChI is InChI=1S/C19H16INO5/c1-12-8-14(20)4-5-15(12)21-18(22)10-24-19(23)7-3-13-2-6-16-17(9-13)26-11-25-16/h2-9H,10-11H2,1H3,(H,21,22). The number of fused-ring (bicyclic) bond motifs is 1. The van der Waals surface area contributed by atoms with Gasteiger partial charge in [0.05, 0.1) is 0 Å². The maximum Gasteiger partial charge on any atom is 0.331 e. The van der Waals surface area contributed by atoms with Gasteiger partial charge in [-0.05, 0) is 77.0 Å². The molecule has 3 rings (SSSR count). The summed E-state index contributed by atoms with van der Waals surface area (Å²) in [6.45, 7) is 1.74. The van der Waals surface area contributed by atoms with Crippen LogP contribution in [0.3, 0.4) is 0 Å². The second-order valence-corrected chi connectivity index (χ2v) is 6.81. The molecular weight excluding hydrogens is 449 g/mol. The molecule has 1 amide bonds. The second-order valence-electron chi connectivity index (χ2n) is 5.56. The van der Waals surface area contributed by atoms with E-state index in [2.05, 4.69) is 27.9 Å². The highest BCUT2D eigenvalue weighted by atomic mass is 127. The zero-order valence-corrected chi connectivity index (χ0v) is 16.1. The summed E-state index contributed by atoms with van der Waals surface area (Å²) in [6.07, 6.45) is 2.85. The molecule has 1 N–H and O–H groups in total. The van der Waals surface area contributed by atoms with E-state index in [0.29, 0.717) is 17.2 Å². The summed E-state index contributed by atoms with van der Waals surface area (Å²) in [5.41, 5.74) is 2.41. The summed E-state index contributed by atoms with van der Waals surface area (Å²) >= 11 is 2.20. The summed E-state index contributed by atoms with van der Waals surface area (Å²) < 4.78 is 16.5. The van der Waals surface area contributed by atoms with Gasteiger partial charge >= 0.3 is 5.97 Å². The van der Waals surface area contributed by atoms with E-state index in [0.717, 1.165) is 14.7 Å². The molecule has 26 heavy (non-hydrogen) atoms. The van der Waals surface area contributed by atoms with E-state index in [1.165, 1.54) is 6.08 Å². The summed E-state index contributed by atoms with van der Waals surface area (Å²) in [6, 6.07) is 11.0. The number of ether oxygens (including phenoxy) is 3. The van der Waals surface area contributed by atoms with Crippen LogP contribution in [-0.4, -0.2) is 25.3 Å². The maximum absolute atomic E-state index is 11.9. The molecule has 0 saturated heterocycles. The quantitative estimate of drug-likeness (QED) is 0.416. The van der Waals surface area contributed by atoms with Gasteiger partial charge in [-0.1, -0.05) is 6.07 Å². The number of hydrogen-bond donors (Lipinski definition) is 1. The fraction of sp³-hybridized carbons (Fsp3) is 0.158. The molecule has 6 nitrogen and oxygen atoms in total. The maximum atomic E-state index is 11.9. The monoisotopic (exact) mass is 465 g/mol. The molecule has 0 saturated carbocycles. The number of aryl methyl sites for hydroxylation is 1. The third kappa shape index (κ3) is 4.75. The number of hydrogen-bond acceptors (Lipinski definition) is 5. The number of rotatable bonds is 5. The number of nitrogens with one attached hydrogen (secondary N) is 1. The van der Waals surface area contributed by atoms with Crippen molar-refractivity contribution in [3.05, 3.63) is 57.2 Å². The lowest BCUT2D eigenvalue weighted by Crippen LogP contribution is -2.20. The Morgan fingerprint density at radius 1 is 1.19 bits per heavy atom. The molecule has 1 aliphatic rings. The van der Waals surface area contributed by atoms with E-state index in [1.54, 1.807) is 24.3 Å². The molecule has 0 unspecified atom stereocenters. The van der Waals surface area contributed by atoms with Gasteiger partial charge in [0.2, 0.25) is 6.79 Å². The lowest BCUT2D eigenvalue weighted by Gasteiger charge is -2.08. The highest BCUT2D eigenvalue weighted by Crippen LogP contribution is 2.32. The van der Waals surface area contributed by atoms with Gasteiger partial charge in [-0.15, -0.1) is 0 Å². The van der Waals surface area contributed by atoms with Crippen molar-refractivity contribution < 1.29 is 23.8 Å². The smallest absolute Gasteiger partial charge is 0.331 e. The Balaban J connectivity index is 1.49. The number of esters is 1. The number of anilines is 1. The Morgan fingerprint density at radius 3 is 2.81 bits per heavy atom. The molecule has 0 aromatic heterocycles. The fourth-order valence-electron chi connectivity index (χ4n) is 2.32. The lowest BCUT2D eigenvalue weighted by atomic mass is 10.2. The molecule has 2 aromatic carbocycles. The van der Waals surface area contributed by atoms with E-state index in [4.69, 9.17) is 14.2 Å². The van der Waals surface area contributed by atoms with Crippen molar-refractivity contribution in [2.45, 2.75) is 6.92 Å².